The van der Waals surface area contributed by atoms with Crippen molar-refractivity contribution in [1.29, 1.82) is 0 Å². The van der Waals surface area contributed by atoms with E-state index in [1.54, 1.807) is 0 Å². The third kappa shape index (κ3) is 3.22. The Morgan fingerprint density at radius 3 is 2.89 bits per heavy atom. The molecule has 1 aromatic heterocycles. The highest BCUT2D eigenvalue weighted by Gasteiger charge is 2.23. The van der Waals surface area contributed by atoms with Crippen LogP contribution in [0.25, 0.3) is 0 Å². The zero-order valence-corrected chi connectivity index (χ0v) is 11.0. The molecule has 0 radical (unpaired) electrons. The molecule has 0 amide bonds. The summed E-state index contributed by atoms with van der Waals surface area (Å²) in [7, 11) is 0. The molecular formula is C14H19FN2O2. The predicted octanol–water partition coefficient (Wildman–Crippen LogP) is 3.30. The third-order valence-corrected chi connectivity index (χ3v) is 3.80. The Morgan fingerprint density at radius 2 is 2.16 bits per heavy atom. The monoisotopic (exact) mass is 266 g/mol. The Morgan fingerprint density at radius 1 is 1.42 bits per heavy atom. The molecule has 1 fully saturated rings. The van der Waals surface area contributed by atoms with E-state index in [-0.39, 0.29) is 17.4 Å². The number of carboxylic acids is 1. The van der Waals surface area contributed by atoms with E-state index < -0.39 is 11.8 Å². The molecule has 0 aromatic carbocycles. The first-order chi connectivity index (χ1) is 9.09. The van der Waals surface area contributed by atoms with Gasteiger partial charge in [0.05, 0.1) is 0 Å². The van der Waals surface area contributed by atoms with Crippen LogP contribution in [0.3, 0.4) is 0 Å². The molecule has 1 heterocycles. The highest BCUT2D eigenvalue weighted by Crippen LogP contribution is 2.26. The Hall–Kier alpha value is -1.65. The molecule has 5 heteroatoms. The number of carbonyl (C=O) groups is 1. The number of carboxylic acid groups (broad SMARTS) is 1. The fraction of sp³-hybridized carbons (Fsp3) is 0.571. The molecule has 1 aliphatic rings. The molecular weight excluding hydrogens is 247 g/mol. The first kappa shape index (κ1) is 13.8. The second-order valence-electron chi connectivity index (χ2n) is 5.19. The Labute approximate surface area is 112 Å². The molecule has 4 nitrogen and oxygen atoms in total. The van der Waals surface area contributed by atoms with E-state index in [0.29, 0.717) is 5.92 Å². The molecule has 2 N–H and O–H groups in total. The summed E-state index contributed by atoms with van der Waals surface area (Å²) in [6.07, 6.45) is 6.92. The van der Waals surface area contributed by atoms with Crippen LogP contribution in [-0.4, -0.2) is 22.1 Å². The molecule has 0 saturated heterocycles. The van der Waals surface area contributed by atoms with Crippen LogP contribution in [0.2, 0.25) is 0 Å². The summed E-state index contributed by atoms with van der Waals surface area (Å²) in [4.78, 5) is 14.8. The van der Waals surface area contributed by atoms with Crippen molar-refractivity contribution < 1.29 is 14.3 Å². The largest absolute Gasteiger partial charge is 0.478 e. The van der Waals surface area contributed by atoms with Crippen LogP contribution in [0, 0.1) is 11.7 Å². The molecule has 0 spiro atoms. The zero-order chi connectivity index (χ0) is 13.8. The smallest absolute Gasteiger partial charge is 0.338 e. The van der Waals surface area contributed by atoms with Crippen molar-refractivity contribution in [2.24, 2.45) is 5.92 Å². The van der Waals surface area contributed by atoms with E-state index in [2.05, 4.69) is 17.2 Å². The molecule has 0 aliphatic heterocycles. The maximum absolute atomic E-state index is 14.0. The SMILES string of the molecule is CC1CCCCCC1Nc1nccc(C(=O)O)c1F. The first-order valence-electron chi connectivity index (χ1n) is 6.74. The lowest BCUT2D eigenvalue weighted by Gasteiger charge is -2.23. The minimum atomic E-state index is -1.27. The summed E-state index contributed by atoms with van der Waals surface area (Å²) in [6.45, 7) is 2.14. The van der Waals surface area contributed by atoms with Gasteiger partial charge in [0.2, 0.25) is 0 Å². The number of aromatic nitrogens is 1. The van der Waals surface area contributed by atoms with Gasteiger partial charge in [-0.1, -0.05) is 26.2 Å². The highest BCUT2D eigenvalue weighted by molar-refractivity contribution is 5.88. The molecule has 19 heavy (non-hydrogen) atoms. The molecule has 2 rings (SSSR count). The van der Waals surface area contributed by atoms with Gasteiger partial charge in [0.1, 0.15) is 5.56 Å². The van der Waals surface area contributed by atoms with Gasteiger partial charge in [-0.3, -0.25) is 0 Å². The van der Waals surface area contributed by atoms with Crippen molar-refractivity contribution in [2.45, 2.75) is 45.1 Å². The van der Waals surface area contributed by atoms with E-state index >= 15 is 0 Å². The van der Waals surface area contributed by atoms with Gasteiger partial charge in [-0.05, 0) is 24.8 Å². The maximum atomic E-state index is 14.0. The summed E-state index contributed by atoms with van der Waals surface area (Å²) in [5, 5.41) is 12.0. The van der Waals surface area contributed by atoms with E-state index in [1.807, 2.05) is 0 Å². The summed E-state index contributed by atoms with van der Waals surface area (Å²) in [6, 6.07) is 1.34. The van der Waals surface area contributed by atoms with Gasteiger partial charge in [-0.25, -0.2) is 14.2 Å². The van der Waals surface area contributed by atoms with Gasteiger partial charge < -0.3 is 10.4 Å². The van der Waals surface area contributed by atoms with Crippen molar-refractivity contribution in [1.82, 2.24) is 4.98 Å². The average Bonchev–Trinajstić information content (AvgIpc) is 2.57. The fourth-order valence-corrected chi connectivity index (χ4v) is 2.59. The quantitative estimate of drug-likeness (QED) is 0.824. The fourth-order valence-electron chi connectivity index (χ4n) is 2.59. The Bertz CT molecular complexity index is 465. The van der Waals surface area contributed by atoms with E-state index in [1.165, 1.54) is 25.1 Å². The highest BCUT2D eigenvalue weighted by atomic mass is 19.1. The number of pyridine rings is 1. The zero-order valence-electron chi connectivity index (χ0n) is 11.0. The molecule has 1 aromatic rings. The standard InChI is InChI=1S/C14H19FN2O2/c1-9-5-3-2-4-6-11(9)17-13-12(15)10(14(18)19)7-8-16-13/h7-9,11H,2-6H2,1H3,(H,16,17)(H,18,19). The topological polar surface area (TPSA) is 62.2 Å². The lowest BCUT2D eigenvalue weighted by molar-refractivity contribution is 0.0692. The van der Waals surface area contributed by atoms with Gasteiger partial charge in [0.25, 0.3) is 0 Å². The average molecular weight is 266 g/mol. The summed E-state index contributed by atoms with van der Waals surface area (Å²) in [5.41, 5.74) is -0.334. The van der Waals surface area contributed by atoms with Gasteiger partial charge in [0.15, 0.2) is 11.6 Å². The van der Waals surface area contributed by atoms with Crippen molar-refractivity contribution in [3.8, 4) is 0 Å². The first-order valence-corrected chi connectivity index (χ1v) is 6.74. The van der Waals surface area contributed by atoms with Crippen molar-refractivity contribution >= 4 is 11.8 Å². The van der Waals surface area contributed by atoms with Crippen LogP contribution in [-0.2, 0) is 0 Å². The van der Waals surface area contributed by atoms with Crippen molar-refractivity contribution in [3.05, 3.63) is 23.6 Å². The lowest BCUT2D eigenvalue weighted by atomic mass is 9.97. The van der Waals surface area contributed by atoms with Gasteiger partial charge in [-0.15, -0.1) is 0 Å². The molecule has 0 bridgehead atoms. The maximum Gasteiger partial charge on any atom is 0.338 e. The summed E-state index contributed by atoms with van der Waals surface area (Å²) < 4.78 is 14.0. The minimum absolute atomic E-state index is 0.0543. The van der Waals surface area contributed by atoms with Crippen LogP contribution in [0.1, 0.15) is 49.4 Å². The van der Waals surface area contributed by atoms with E-state index in [9.17, 15) is 9.18 Å². The van der Waals surface area contributed by atoms with Crippen LogP contribution in [0.4, 0.5) is 10.2 Å². The molecule has 104 valence electrons. The van der Waals surface area contributed by atoms with Crippen LogP contribution >= 0.6 is 0 Å². The number of nitrogens with zero attached hydrogens (tertiary/aromatic N) is 1. The summed E-state index contributed by atoms with van der Waals surface area (Å²) in [5.74, 6) is -1.54. The summed E-state index contributed by atoms with van der Waals surface area (Å²) >= 11 is 0. The van der Waals surface area contributed by atoms with Gasteiger partial charge in [-0.2, -0.15) is 0 Å². The molecule has 2 atom stereocenters. The number of hydrogen-bond acceptors (Lipinski definition) is 3. The molecule has 1 aliphatic carbocycles. The van der Waals surface area contributed by atoms with Crippen LogP contribution < -0.4 is 5.32 Å². The predicted molar refractivity (Wildman–Crippen MR) is 70.8 cm³/mol. The van der Waals surface area contributed by atoms with Crippen molar-refractivity contribution in [3.63, 3.8) is 0 Å². The van der Waals surface area contributed by atoms with E-state index in [0.717, 1.165) is 19.3 Å². The number of halogens is 1. The van der Waals surface area contributed by atoms with Gasteiger partial charge >= 0.3 is 5.97 Å². The second-order valence-corrected chi connectivity index (χ2v) is 5.19. The van der Waals surface area contributed by atoms with E-state index in [4.69, 9.17) is 5.11 Å². The lowest BCUT2D eigenvalue weighted by Crippen LogP contribution is -2.27. The normalized spacial score (nSPS) is 23.7. The Kier molecular flexibility index (Phi) is 4.35. The third-order valence-electron chi connectivity index (χ3n) is 3.80. The Balaban J connectivity index is 2.18. The molecule has 1 saturated carbocycles. The van der Waals surface area contributed by atoms with Gasteiger partial charge in [0, 0.05) is 12.2 Å². The second kappa shape index (κ2) is 5.99. The molecule has 2 unspecified atom stereocenters. The number of rotatable bonds is 3. The number of nitrogens with one attached hydrogen (secondary N) is 1. The minimum Gasteiger partial charge on any atom is -0.478 e. The van der Waals surface area contributed by atoms with Crippen LogP contribution in [0.5, 0.6) is 0 Å². The van der Waals surface area contributed by atoms with Crippen LogP contribution in [0.15, 0.2) is 12.3 Å². The number of hydrogen-bond donors (Lipinski definition) is 2. The van der Waals surface area contributed by atoms with Crippen molar-refractivity contribution in [2.75, 3.05) is 5.32 Å². The number of aromatic carboxylic acids is 1. The number of anilines is 1.